The van der Waals surface area contributed by atoms with E-state index in [0.29, 0.717) is 5.96 Å². The fraction of sp³-hybridized carbons (Fsp3) is 0.500. The summed E-state index contributed by atoms with van der Waals surface area (Å²) < 4.78 is 0. The maximum Gasteiger partial charge on any atom is 0.248 e. The highest BCUT2D eigenvalue weighted by Gasteiger charge is 2.22. The zero-order valence-corrected chi connectivity index (χ0v) is 16.3. The Labute approximate surface area is 158 Å². The second-order valence-corrected chi connectivity index (χ2v) is 6.78. The van der Waals surface area contributed by atoms with Gasteiger partial charge >= 0.3 is 0 Å². The Kier molecular flexibility index (Phi) is 7.01. The minimum Gasteiger partial charge on any atom is -0.370 e. The quantitative estimate of drug-likeness (QED) is 0.429. The van der Waals surface area contributed by atoms with Gasteiger partial charge < -0.3 is 15.5 Å². The molecule has 1 aromatic carbocycles. The van der Waals surface area contributed by atoms with Gasteiger partial charge in [-0.25, -0.2) is 4.99 Å². The average Bonchev–Trinajstić information content (AvgIpc) is 2.59. The van der Waals surface area contributed by atoms with Crippen LogP contribution in [0.15, 0.2) is 29.3 Å². The molecule has 126 valence electrons. The van der Waals surface area contributed by atoms with Crippen molar-refractivity contribution >= 4 is 53.3 Å². The van der Waals surface area contributed by atoms with Crippen molar-refractivity contribution in [1.29, 1.82) is 0 Å². The van der Waals surface area contributed by atoms with Crippen molar-refractivity contribution < 1.29 is 4.79 Å². The van der Waals surface area contributed by atoms with Crippen LogP contribution < -0.4 is 10.6 Å². The molecule has 0 atom stereocenters. The van der Waals surface area contributed by atoms with E-state index in [1.807, 2.05) is 34.9 Å². The number of hydrogen-bond acceptors (Lipinski definition) is 3. The summed E-state index contributed by atoms with van der Waals surface area (Å²) in [5.41, 5.74) is 8.29. The number of halogens is 1. The molecule has 0 aliphatic carbocycles. The standard InChI is InChI=1S/C16H22N4OS.HI/c17-16(19-8-10-22-11-9-19)18-12-15(21)20-7-3-5-13-4-1-2-6-14(13)20;/h1-2,4,6H,3,5,7-12H2,(H2,17,18);1H. The highest BCUT2D eigenvalue weighted by Crippen LogP contribution is 2.26. The molecule has 1 amide bonds. The number of aliphatic imine (C=N–C) groups is 1. The first kappa shape index (κ1) is 18.4. The third kappa shape index (κ3) is 4.53. The van der Waals surface area contributed by atoms with E-state index >= 15 is 0 Å². The highest BCUT2D eigenvalue weighted by atomic mass is 127. The first-order valence-electron chi connectivity index (χ1n) is 7.76. The van der Waals surface area contributed by atoms with Gasteiger partial charge in [-0.1, -0.05) is 18.2 Å². The molecule has 0 radical (unpaired) electrons. The van der Waals surface area contributed by atoms with Gasteiger partial charge in [0.15, 0.2) is 5.96 Å². The van der Waals surface area contributed by atoms with Crippen molar-refractivity contribution in [2.45, 2.75) is 12.8 Å². The van der Waals surface area contributed by atoms with Crippen molar-refractivity contribution in [3.63, 3.8) is 0 Å². The molecule has 2 aliphatic heterocycles. The SMILES string of the molecule is I.NC(=NCC(=O)N1CCCc2ccccc21)N1CCSCC1. The van der Waals surface area contributed by atoms with E-state index in [1.165, 1.54) is 5.56 Å². The van der Waals surface area contributed by atoms with Crippen molar-refractivity contribution in [2.24, 2.45) is 10.7 Å². The van der Waals surface area contributed by atoms with Gasteiger partial charge in [0.2, 0.25) is 5.91 Å². The summed E-state index contributed by atoms with van der Waals surface area (Å²) in [6.07, 6.45) is 2.04. The van der Waals surface area contributed by atoms with Crippen molar-refractivity contribution in [3.8, 4) is 0 Å². The largest absolute Gasteiger partial charge is 0.370 e. The normalized spacial score (nSPS) is 18.2. The number of carbonyl (C=O) groups excluding carboxylic acids is 1. The third-order valence-electron chi connectivity index (χ3n) is 4.12. The number of hydrogen-bond donors (Lipinski definition) is 1. The lowest BCUT2D eigenvalue weighted by atomic mass is 10.0. The molecule has 5 nitrogen and oxygen atoms in total. The Morgan fingerprint density at radius 3 is 2.74 bits per heavy atom. The van der Waals surface area contributed by atoms with E-state index in [2.05, 4.69) is 16.0 Å². The van der Waals surface area contributed by atoms with Crippen LogP contribution in [0.5, 0.6) is 0 Å². The molecule has 0 aromatic heterocycles. The molecule has 1 fully saturated rings. The van der Waals surface area contributed by atoms with E-state index in [-0.39, 0.29) is 36.4 Å². The molecule has 7 heteroatoms. The molecule has 0 spiro atoms. The number of thioether (sulfide) groups is 1. The first-order valence-corrected chi connectivity index (χ1v) is 8.92. The van der Waals surface area contributed by atoms with E-state index in [1.54, 1.807) is 0 Å². The summed E-state index contributed by atoms with van der Waals surface area (Å²) in [6, 6.07) is 8.11. The van der Waals surface area contributed by atoms with Crippen LogP contribution in [0.3, 0.4) is 0 Å². The molecule has 0 unspecified atom stereocenters. The molecule has 0 saturated carbocycles. The van der Waals surface area contributed by atoms with Crippen LogP contribution in [0, 0.1) is 0 Å². The van der Waals surface area contributed by atoms with Gasteiger partial charge in [0.1, 0.15) is 6.54 Å². The number of amides is 1. The molecule has 2 heterocycles. The lowest BCUT2D eigenvalue weighted by molar-refractivity contribution is -0.117. The van der Waals surface area contributed by atoms with Crippen LogP contribution in [-0.4, -0.2) is 54.5 Å². The number of nitrogens with two attached hydrogens (primary N) is 1. The second-order valence-electron chi connectivity index (χ2n) is 5.55. The number of anilines is 1. The number of carbonyl (C=O) groups is 1. The van der Waals surface area contributed by atoms with Crippen molar-refractivity contribution in [2.75, 3.05) is 42.6 Å². The van der Waals surface area contributed by atoms with Crippen LogP contribution in [0.2, 0.25) is 0 Å². The van der Waals surface area contributed by atoms with Crippen LogP contribution in [-0.2, 0) is 11.2 Å². The predicted octanol–water partition coefficient (Wildman–Crippen LogP) is 1.95. The topological polar surface area (TPSA) is 61.9 Å². The Bertz CT molecular complexity index is 575. The zero-order chi connectivity index (χ0) is 15.4. The summed E-state index contributed by atoms with van der Waals surface area (Å²) in [5, 5.41) is 0. The average molecular weight is 446 g/mol. The van der Waals surface area contributed by atoms with Gasteiger partial charge in [0.05, 0.1) is 0 Å². The maximum absolute atomic E-state index is 12.5. The number of para-hydroxylation sites is 1. The summed E-state index contributed by atoms with van der Waals surface area (Å²) in [7, 11) is 0. The first-order chi connectivity index (χ1) is 10.8. The molecule has 1 aromatic rings. The van der Waals surface area contributed by atoms with Gasteiger partial charge in [0.25, 0.3) is 0 Å². The monoisotopic (exact) mass is 446 g/mol. The fourth-order valence-electron chi connectivity index (χ4n) is 2.92. The Morgan fingerprint density at radius 1 is 1.22 bits per heavy atom. The van der Waals surface area contributed by atoms with Crippen LogP contribution in [0.25, 0.3) is 0 Å². The number of rotatable bonds is 2. The summed E-state index contributed by atoms with van der Waals surface area (Å²) in [5.74, 6) is 2.67. The molecular weight excluding hydrogens is 423 g/mol. The van der Waals surface area contributed by atoms with Crippen LogP contribution in [0.1, 0.15) is 12.0 Å². The number of benzene rings is 1. The van der Waals surface area contributed by atoms with Gasteiger partial charge in [-0.2, -0.15) is 11.8 Å². The molecule has 2 N–H and O–H groups in total. The number of nitrogens with zero attached hydrogens (tertiary/aromatic N) is 3. The summed E-state index contributed by atoms with van der Waals surface area (Å²) in [4.78, 5) is 20.7. The number of guanidine groups is 1. The van der Waals surface area contributed by atoms with E-state index < -0.39 is 0 Å². The van der Waals surface area contributed by atoms with Gasteiger partial charge in [0, 0.05) is 36.8 Å². The molecule has 1 saturated heterocycles. The second kappa shape index (κ2) is 8.77. The maximum atomic E-state index is 12.5. The summed E-state index contributed by atoms with van der Waals surface area (Å²) >= 11 is 1.93. The van der Waals surface area contributed by atoms with E-state index in [0.717, 1.165) is 49.7 Å². The molecule has 2 aliphatic rings. The Morgan fingerprint density at radius 2 is 1.96 bits per heavy atom. The summed E-state index contributed by atoms with van der Waals surface area (Å²) in [6.45, 7) is 2.73. The predicted molar refractivity (Wildman–Crippen MR) is 108 cm³/mol. The van der Waals surface area contributed by atoms with Gasteiger partial charge in [-0.15, -0.1) is 24.0 Å². The van der Waals surface area contributed by atoms with E-state index in [9.17, 15) is 4.79 Å². The molecule has 3 rings (SSSR count). The Balaban J connectivity index is 0.00000192. The van der Waals surface area contributed by atoms with Crippen LogP contribution in [0.4, 0.5) is 5.69 Å². The zero-order valence-electron chi connectivity index (χ0n) is 13.1. The molecule has 23 heavy (non-hydrogen) atoms. The van der Waals surface area contributed by atoms with Crippen molar-refractivity contribution in [1.82, 2.24) is 4.90 Å². The fourth-order valence-corrected chi connectivity index (χ4v) is 3.82. The number of fused-ring (bicyclic) bond motifs is 1. The van der Waals surface area contributed by atoms with Gasteiger partial charge in [-0.3, -0.25) is 4.79 Å². The molecule has 0 bridgehead atoms. The number of aryl methyl sites for hydroxylation is 1. The van der Waals surface area contributed by atoms with Gasteiger partial charge in [-0.05, 0) is 24.5 Å². The van der Waals surface area contributed by atoms with Crippen molar-refractivity contribution in [3.05, 3.63) is 29.8 Å². The minimum atomic E-state index is 0. The third-order valence-corrected chi connectivity index (χ3v) is 5.07. The van der Waals surface area contributed by atoms with Crippen LogP contribution >= 0.6 is 35.7 Å². The Hall–Kier alpha value is -0.960. The highest BCUT2D eigenvalue weighted by molar-refractivity contribution is 14.0. The lowest BCUT2D eigenvalue weighted by Crippen LogP contribution is -2.43. The lowest BCUT2D eigenvalue weighted by Gasteiger charge is -2.30. The molecular formula is C16H23IN4OS. The smallest absolute Gasteiger partial charge is 0.248 e. The minimum absolute atomic E-state index is 0. The van der Waals surface area contributed by atoms with E-state index in [4.69, 9.17) is 5.73 Å².